The Labute approximate surface area is 112 Å². The lowest BCUT2D eigenvalue weighted by atomic mass is 9.87. The number of hydrogen-bond acceptors (Lipinski definition) is 3. The predicted molar refractivity (Wildman–Crippen MR) is 57.8 cm³/mol. The maximum atomic E-state index is 12.2. The Hall–Kier alpha value is -0.540. The number of nitrogens with two attached hydrogens (primary N) is 1. The second-order valence-corrected chi connectivity index (χ2v) is 5.10. The lowest BCUT2D eigenvalue weighted by Crippen LogP contribution is -2.48. The first kappa shape index (κ1) is 17.5. The van der Waals surface area contributed by atoms with Gasteiger partial charge in [-0.05, 0) is 25.2 Å². The van der Waals surface area contributed by atoms with E-state index in [1.54, 1.807) is 0 Å². The van der Waals surface area contributed by atoms with Crippen LogP contribution in [0.4, 0.5) is 26.3 Å². The highest BCUT2D eigenvalue weighted by atomic mass is 19.4. The van der Waals surface area contributed by atoms with Crippen LogP contribution in [0.2, 0.25) is 0 Å². The molecule has 1 rings (SSSR count). The normalized spacial score (nSPS) is 28.4. The highest BCUT2D eigenvalue weighted by molar-refractivity contribution is 4.96. The van der Waals surface area contributed by atoms with Crippen molar-refractivity contribution >= 4 is 0 Å². The molecule has 0 heterocycles. The number of hydrogen-bond donors (Lipinski definition) is 2. The Morgan fingerprint density at radius 3 is 2.20 bits per heavy atom. The van der Waals surface area contributed by atoms with Gasteiger partial charge in [-0.3, -0.25) is 0 Å². The van der Waals surface area contributed by atoms with E-state index in [9.17, 15) is 26.3 Å². The molecule has 0 aromatic heterocycles. The first-order valence-electron chi connectivity index (χ1n) is 6.15. The molecule has 2 atom stereocenters. The van der Waals surface area contributed by atoms with Crippen molar-refractivity contribution in [1.82, 2.24) is 0 Å². The molecule has 3 nitrogen and oxygen atoms in total. The fourth-order valence-corrected chi connectivity index (χ4v) is 2.51. The van der Waals surface area contributed by atoms with Gasteiger partial charge in [0.05, 0.1) is 6.61 Å². The lowest BCUT2D eigenvalue weighted by molar-refractivity contribution is -0.322. The largest absolute Gasteiger partial charge is 0.423 e. The summed E-state index contributed by atoms with van der Waals surface area (Å²) in [5.74, 6) is -0.338. The highest BCUT2D eigenvalue weighted by Gasteiger charge is 2.58. The van der Waals surface area contributed by atoms with Gasteiger partial charge in [0.25, 0.3) is 0 Å². The highest BCUT2D eigenvalue weighted by Crippen LogP contribution is 2.38. The van der Waals surface area contributed by atoms with Crippen molar-refractivity contribution in [2.24, 2.45) is 11.7 Å². The molecule has 0 aromatic rings. The van der Waals surface area contributed by atoms with Gasteiger partial charge in [-0.1, -0.05) is 6.42 Å². The zero-order chi connectivity index (χ0) is 15.6. The molecule has 1 saturated carbocycles. The standard InChI is InChI=1S/C11H17F6NO2/c12-10(13,14)8(11(15,16)17)20-5-3-7-2-1-4-9(7,18)6-19/h7-8,19H,1-6,18H2. The second kappa shape index (κ2) is 6.07. The summed E-state index contributed by atoms with van der Waals surface area (Å²) in [4.78, 5) is 0. The van der Waals surface area contributed by atoms with Crippen LogP contribution < -0.4 is 5.73 Å². The van der Waals surface area contributed by atoms with Gasteiger partial charge in [-0.15, -0.1) is 0 Å². The van der Waals surface area contributed by atoms with Gasteiger partial charge in [0.15, 0.2) is 0 Å². The van der Waals surface area contributed by atoms with Crippen LogP contribution >= 0.6 is 0 Å². The first-order valence-corrected chi connectivity index (χ1v) is 6.15. The number of rotatable bonds is 5. The van der Waals surface area contributed by atoms with E-state index in [1.165, 1.54) is 0 Å². The molecule has 0 radical (unpaired) electrons. The van der Waals surface area contributed by atoms with Crippen LogP contribution in [0.15, 0.2) is 0 Å². The van der Waals surface area contributed by atoms with Crippen molar-refractivity contribution in [3.8, 4) is 0 Å². The summed E-state index contributed by atoms with van der Waals surface area (Å²) in [6.45, 7) is -1.05. The summed E-state index contributed by atoms with van der Waals surface area (Å²) in [5, 5.41) is 9.14. The van der Waals surface area contributed by atoms with Gasteiger partial charge in [-0.25, -0.2) is 0 Å². The molecule has 0 aromatic carbocycles. The summed E-state index contributed by atoms with van der Waals surface area (Å²) in [5.41, 5.74) is 4.91. The quantitative estimate of drug-likeness (QED) is 0.767. The number of ether oxygens (including phenoxy) is 1. The monoisotopic (exact) mass is 309 g/mol. The maximum Gasteiger partial charge on any atom is 0.423 e. The van der Waals surface area contributed by atoms with Gasteiger partial charge < -0.3 is 15.6 Å². The van der Waals surface area contributed by atoms with E-state index in [2.05, 4.69) is 4.74 Å². The smallest absolute Gasteiger partial charge is 0.394 e. The van der Waals surface area contributed by atoms with E-state index in [0.717, 1.165) is 0 Å². The number of aliphatic hydroxyl groups excluding tert-OH is 1. The molecule has 120 valence electrons. The molecule has 1 aliphatic carbocycles. The van der Waals surface area contributed by atoms with Crippen LogP contribution in [0.5, 0.6) is 0 Å². The average molecular weight is 309 g/mol. The van der Waals surface area contributed by atoms with Crippen molar-refractivity contribution in [3.63, 3.8) is 0 Å². The Kier molecular flexibility index (Phi) is 5.31. The number of aliphatic hydroxyl groups is 1. The van der Waals surface area contributed by atoms with Gasteiger partial charge in [0.1, 0.15) is 0 Å². The molecular weight excluding hydrogens is 292 g/mol. The molecule has 0 spiro atoms. The summed E-state index contributed by atoms with van der Waals surface area (Å²) < 4.78 is 77.3. The molecule has 0 saturated heterocycles. The number of halogens is 6. The molecule has 0 aliphatic heterocycles. The average Bonchev–Trinajstić information content (AvgIpc) is 2.63. The van der Waals surface area contributed by atoms with E-state index in [0.29, 0.717) is 19.3 Å². The van der Waals surface area contributed by atoms with E-state index in [1.807, 2.05) is 0 Å². The van der Waals surface area contributed by atoms with E-state index in [-0.39, 0.29) is 18.9 Å². The van der Waals surface area contributed by atoms with Crippen LogP contribution in [0.25, 0.3) is 0 Å². The van der Waals surface area contributed by atoms with Crippen molar-refractivity contribution in [3.05, 3.63) is 0 Å². The Morgan fingerprint density at radius 1 is 1.20 bits per heavy atom. The third kappa shape index (κ3) is 4.23. The molecule has 9 heteroatoms. The Morgan fingerprint density at radius 2 is 1.75 bits per heavy atom. The van der Waals surface area contributed by atoms with Crippen molar-refractivity contribution in [2.75, 3.05) is 13.2 Å². The lowest BCUT2D eigenvalue weighted by Gasteiger charge is -2.30. The van der Waals surface area contributed by atoms with Crippen molar-refractivity contribution < 1.29 is 36.2 Å². The molecule has 0 amide bonds. The second-order valence-electron chi connectivity index (χ2n) is 5.10. The zero-order valence-electron chi connectivity index (χ0n) is 10.6. The molecule has 20 heavy (non-hydrogen) atoms. The first-order chi connectivity index (χ1) is 9.00. The Balaban J connectivity index is 2.54. The van der Waals surface area contributed by atoms with Gasteiger partial charge in [0, 0.05) is 12.1 Å². The van der Waals surface area contributed by atoms with Crippen LogP contribution in [0, 0.1) is 5.92 Å². The van der Waals surface area contributed by atoms with Crippen LogP contribution in [-0.2, 0) is 4.74 Å². The third-order valence-electron chi connectivity index (χ3n) is 3.65. The SMILES string of the molecule is NC1(CO)CCCC1CCOC(C(F)(F)F)C(F)(F)F. The maximum absolute atomic E-state index is 12.2. The van der Waals surface area contributed by atoms with Crippen LogP contribution in [0.3, 0.4) is 0 Å². The zero-order valence-corrected chi connectivity index (χ0v) is 10.6. The summed E-state index contributed by atoms with van der Waals surface area (Å²) >= 11 is 0. The summed E-state index contributed by atoms with van der Waals surface area (Å²) in [7, 11) is 0. The molecule has 2 unspecified atom stereocenters. The fourth-order valence-electron chi connectivity index (χ4n) is 2.51. The molecule has 1 aliphatic rings. The predicted octanol–water partition coefficient (Wildman–Crippen LogP) is 2.38. The van der Waals surface area contributed by atoms with Crippen molar-refractivity contribution in [1.29, 1.82) is 0 Å². The van der Waals surface area contributed by atoms with Gasteiger partial charge in [-0.2, -0.15) is 26.3 Å². The minimum atomic E-state index is -5.50. The van der Waals surface area contributed by atoms with Crippen molar-refractivity contribution in [2.45, 2.75) is 49.7 Å². The Bertz CT molecular complexity index is 305. The molecule has 0 bridgehead atoms. The van der Waals surface area contributed by atoms with E-state index in [4.69, 9.17) is 10.8 Å². The topological polar surface area (TPSA) is 55.5 Å². The van der Waals surface area contributed by atoms with Gasteiger partial charge in [0.2, 0.25) is 6.10 Å². The van der Waals surface area contributed by atoms with Crippen LogP contribution in [0.1, 0.15) is 25.7 Å². The van der Waals surface area contributed by atoms with Gasteiger partial charge >= 0.3 is 12.4 Å². The van der Waals surface area contributed by atoms with Crippen LogP contribution in [-0.4, -0.2) is 42.3 Å². The summed E-state index contributed by atoms with van der Waals surface area (Å²) in [6.07, 6.45) is -13.1. The molecule has 3 N–H and O–H groups in total. The minimum absolute atomic E-state index is 0.0419. The summed E-state index contributed by atoms with van der Waals surface area (Å²) in [6, 6.07) is 0. The molecule has 1 fully saturated rings. The number of alkyl halides is 6. The van der Waals surface area contributed by atoms with E-state index < -0.39 is 30.6 Å². The minimum Gasteiger partial charge on any atom is -0.394 e. The third-order valence-corrected chi connectivity index (χ3v) is 3.65. The fraction of sp³-hybridized carbons (Fsp3) is 1.00. The molecular formula is C11H17F6NO2. The van der Waals surface area contributed by atoms with E-state index >= 15 is 0 Å².